The van der Waals surface area contributed by atoms with Crippen molar-refractivity contribution in [2.75, 3.05) is 27.3 Å². The molecule has 2 unspecified atom stereocenters. The van der Waals surface area contributed by atoms with Gasteiger partial charge in [0, 0.05) is 24.5 Å². The third-order valence-corrected chi connectivity index (χ3v) is 5.65. The number of nitrogens with one attached hydrogen (secondary N) is 1. The number of carbonyl (C=O) groups excluding carboxylic acids is 2. The van der Waals surface area contributed by atoms with Gasteiger partial charge in [-0.15, -0.1) is 0 Å². The van der Waals surface area contributed by atoms with Gasteiger partial charge in [0.25, 0.3) is 0 Å². The number of nitrogens with zero attached hydrogens (tertiary/aromatic N) is 1. The van der Waals surface area contributed by atoms with Crippen molar-refractivity contribution in [2.24, 2.45) is 5.92 Å². The van der Waals surface area contributed by atoms with Gasteiger partial charge in [0.2, 0.25) is 11.8 Å². The zero-order valence-corrected chi connectivity index (χ0v) is 18.2. The van der Waals surface area contributed by atoms with Crippen LogP contribution in [0.4, 0.5) is 0 Å². The molecule has 0 aliphatic carbocycles. The van der Waals surface area contributed by atoms with Crippen LogP contribution in [0.1, 0.15) is 30.5 Å². The van der Waals surface area contributed by atoms with Crippen LogP contribution >= 0.6 is 11.6 Å². The van der Waals surface area contributed by atoms with Gasteiger partial charge >= 0.3 is 0 Å². The Balaban J connectivity index is 1.55. The zero-order chi connectivity index (χ0) is 21.7. The molecule has 0 radical (unpaired) electrons. The summed E-state index contributed by atoms with van der Waals surface area (Å²) in [5.41, 5.74) is 1.98. The maximum absolute atomic E-state index is 12.7. The molecule has 1 saturated heterocycles. The zero-order valence-electron chi connectivity index (χ0n) is 17.5. The number of hydrogen-bond acceptors (Lipinski definition) is 4. The fraction of sp³-hybridized carbons (Fsp3) is 0.391. The molecule has 2 aromatic rings. The Labute approximate surface area is 182 Å². The fourth-order valence-electron chi connectivity index (χ4n) is 3.65. The largest absolute Gasteiger partial charge is 0.493 e. The topological polar surface area (TPSA) is 67.9 Å². The monoisotopic (exact) mass is 430 g/mol. The third kappa shape index (κ3) is 5.25. The molecule has 1 heterocycles. The van der Waals surface area contributed by atoms with Crippen molar-refractivity contribution >= 4 is 23.4 Å². The van der Waals surface area contributed by atoms with Crippen LogP contribution in [0.2, 0.25) is 5.02 Å². The molecular formula is C23H27ClN2O4. The van der Waals surface area contributed by atoms with Crippen LogP contribution < -0.4 is 14.8 Å². The number of methoxy groups -OCH3 is 2. The lowest BCUT2D eigenvalue weighted by Crippen LogP contribution is -2.35. The molecule has 7 heteroatoms. The van der Waals surface area contributed by atoms with Gasteiger partial charge in [0.1, 0.15) is 0 Å². The minimum atomic E-state index is -0.343. The van der Waals surface area contributed by atoms with Crippen molar-refractivity contribution < 1.29 is 19.1 Å². The fourth-order valence-corrected chi connectivity index (χ4v) is 3.85. The van der Waals surface area contributed by atoms with Crippen LogP contribution in [0.25, 0.3) is 0 Å². The summed E-state index contributed by atoms with van der Waals surface area (Å²) in [6, 6.07) is 13.0. The number of rotatable bonds is 8. The lowest BCUT2D eigenvalue weighted by molar-refractivity contribution is -0.129. The summed E-state index contributed by atoms with van der Waals surface area (Å²) in [4.78, 5) is 26.9. The second kappa shape index (κ2) is 9.85. The first kappa shape index (κ1) is 22.0. The van der Waals surface area contributed by atoms with Gasteiger partial charge in [0.05, 0.1) is 26.2 Å². The first-order chi connectivity index (χ1) is 14.4. The Morgan fingerprint density at radius 2 is 1.97 bits per heavy atom. The quantitative estimate of drug-likeness (QED) is 0.694. The summed E-state index contributed by atoms with van der Waals surface area (Å²) < 4.78 is 10.6. The summed E-state index contributed by atoms with van der Waals surface area (Å²) in [5, 5.41) is 3.63. The van der Waals surface area contributed by atoms with E-state index in [1.807, 2.05) is 43.3 Å². The predicted molar refractivity (Wildman–Crippen MR) is 116 cm³/mol. The molecule has 1 aliphatic rings. The van der Waals surface area contributed by atoms with Gasteiger partial charge in [-0.1, -0.05) is 29.8 Å². The first-order valence-electron chi connectivity index (χ1n) is 9.95. The van der Waals surface area contributed by atoms with E-state index in [2.05, 4.69) is 5.32 Å². The Morgan fingerprint density at radius 1 is 1.20 bits per heavy atom. The smallest absolute Gasteiger partial charge is 0.225 e. The molecule has 1 N–H and O–H groups in total. The Kier molecular flexibility index (Phi) is 7.21. The third-order valence-electron chi connectivity index (χ3n) is 5.41. The van der Waals surface area contributed by atoms with Gasteiger partial charge in [-0.25, -0.2) is 0 Å². The van der Waals surface area contributed by atoms with Gasteiger partial charge in [0.15, 0.2) is 11.5 Å². The Bertz CT molecular complexity index is 918. The number of benzene rings is 2. The van der Waals surface area contributed by atoms with Crippen LogP contribution in [0, 0.1) is 5.92 Å². The highest BCUT2D eigenvalue weighted by Crippen LogP contribution is 2.28. The molecule has 2 aromatic carbocycles. The Morgan fingerprint density at radius 3 is 2.67 bits per heavy atom. The highest BCUT2D eigenvalue weighted by atomic mass is 35.5. The average Bonchev–Trinajstić information content (AvgIpc) is 3.12. The molecule has 1 fully saturated rings. The highest BCUT2D eigenvalue weighted by Gasteiger charge is 2.34. The second-order valence-electron chi connectivity index (χ2n) is 7.47. The van der Waals surface area contributed by atoms with Crippen LogP contribution in [0.5, 0.6) is 11.5 Å². The van der Waals surface area contributed by atoms with E-state index < -0.39 is 0 Å². The van der Waals surface area contributed by atoms with Gasteiger partial charge in [-0.05, 0) is 48.7 Å². The molecule has 3 rings (SSSR count). The number of likely N-dealkylation sites (tertiary alicyclic amines) is 1. The van der Waals surface area contributed by atoms with E-state index in [0.29, 0.717) is 36.0 Å². The van der Waals surface area contributed by atoms with Crippen LogP contribution in [-0.4, -0.2) is 44.0 Å². The first-order valence-corrected chi connectivity index (χ1v) is 10.3. The molecule has 2 amide bonds. The van der Waals surface area contributed by atoms with E-state index in [4.69, 9.17) is 21.1 Å². The minimum absolute atomic E-state index is 0.00559. The molecule has 0 bridgehead atoms. The van der Waals surface area contributed by atoms with E-state index in [-0.39, 0.29) is 30.2 Å². The number of halogens is 1. The maximum Gasteiger partial charge on any atom is 0.225 e. The lowest BCUT2D eigenvalue weighted by Gasteiger charge is -2.19. The molecule has 1 aliphatic heterocycles. The van der Waals surface area contributed by atoms with Crippen LogP contribution in [-0.2, 0) is 16.0 Å². The normalized spacial score (nSPS) is 17.0. The number of carbonyl (C=O) groups is 2. The number of amides is 2. The van der Waals surface area contributed by atoms with Crippen LogP contribution in [0.15, 0.2) is 42.5 Å². The number of hydrogen-bond donors (Lipinski definition) is 1. The summed E-state index contributed by atoms with van der Waals surface area (Å²) in [7, 11) is 3.19. The Hall–Kier alpha value is -2.73. The van der Waals surface area contributed by atoms with Gasteiger partial charge in [-0.3, -0.25) is 9.59 Å². The minimum Gasteiger partial charge on any atom is -0.493 e. The van der Waals surface area contributed by atoms with Crippen molar-refractivity contribution in [1.29, 1.82) is 0 Å². The summed E-state index contributed by atoms with van der Waals surface area (Å²) >= 11 is 6.03. The van der Waals surface area contributed by atoms with Crippen molar-refractivity contribution in [2.45, 2.75) is 25.8 Å². The standard InChI is InChI=1S/C23H27ClN2O4/c1-15(17-5-4-6-19(24)12-17)25-23(28)18-13-22(27)26(14-18)10-9-16-7-8-20(29-2)21(11-16)30-3/h4-8,11-12,15,18H,9-10,13-14H2,1-3H3,(H,25,28). The molecule has 30 heavy (non-hydrogen) atoms. The highest BCUT2D eigenvalue weighted by molar-refractivity contribution is 6.30. The molecule has 160 valence electrons. The second-order valence-corrected chi connectivity index (χ2v) is 7.90. The summed E-state index contributed by atoms with van der Waals surface area (Å²) in [5.74, 6) is 0.888. The average molecular weight is 431 g/mol. The van der Waals surface area contributed by atoms with E-state index in [0.717, 1.165) is 11.1 Å². The summed E-state index contributed by atoms with van der Waals surface area (Å²) in [6.45, 7) is 2.90. The lowest BCUT2D eigenvalue weighted by atomic mass is 10.1. The predicted octanol–water partition coefficient (Wildman–Crippen LogP) is 3.63. The van der Waals surface area contributed by atoms with Crippen molar-refractivity contribution in [3.05, 3.63) is 58.6 Å². The molecule has 6 nitrogen and oxygen atoms in total. The van der Waals surface area contributed by atoms with E-state index in [9.17, 15) is 9.59 Å². The molecule has 0 saturated carbocycles. The van der Waals surface area contributed by atoms with Gasteiger partial charge < -0.3 is 19.7 Å². The SMILES string of the molecule is COc1ccc(CCN2CC(C(=O)NC(C)c3cccc(Cl)c3)CC2=O)cc1OC. The number of ether oxygens (including phenoxy) is 2. The molecule has 2 atom stereocenters. The van der Waals surface area contributed by atoms with E-state index in [1.54, 1.807) is 25.2 Å². The molecule has 0 aromatic heterocycles. The molecular weight excluding hydrogens is 404 g/mol. The summed E-state index contributed by atoms with van der Waals surface area (Å²) in [6.07, 6.45) is 0.916. The molecule has 0 spiro atoms. The maximum atomic E-state index is 12.7. The van der Waals surface area contributed by atoms with Crippen molar-refractivity contribution in [3.8, 4) is 11.5 Å². The van der Waals surface area contributed by atoms with Crippen molar-refractivity contribution in [1.82, 2.24) is 10.2 Å². The van der Waals surface area contributed by atoms with E-state index >= 15 is 0 Å². The van der Waals surface area contributed by atoms with Gasteiger partial charge in [-0.2, -0.15) is 0 Å². The van der Waals surface area contributed by atoms with E-state index in [1.165, 1.54) is 0 Å². The van der Waals surface area contributed by atoms with Crippen LogP contribution in [0.3, 0.4) is 0 Å². The van der Waals surface area contributed by atoms with Crippen molar-refractivity contribution in [3.63, 3.8) is 0 Å².